The molecule has 0 aliphatic heterocycles. The third kappa shape index (κ3) is 3.80. The lowest BCUT2D eigenvalue weighted by atomic mass is 9.93. The zero-order valence-electron chi connectivity index (χ0n) is 26.0. The van der Waals surface area contributed by atoms with Gasteiger partial charge in [-0.15, -0.1) is 0 Å². The molecule has 0 spiro atoms. The van der Waals surface area contributed by atoms with Gasteiger partial charge in [0.15, 0.2) is 5.69 Å². The van der Waals surface area contributed by atoms with Crippen LogP contribution in [-0.2, 0) is 13.5 Å². The molecule has 0 aliphatic rings. The van der Waals surface area contributed by atoms with Gasteiger partial charge in [-0.05, 0) is 54.5 Å². The minimum absolute atomic E-state index is 0.0654. The van der Waals surface area contributed by atoms with Crippen molar-refractivity contribution in [2.75, 3.05) is 0 Å². The number of pyridine rings is 1. The van der Waals surface area contributed by atoms with Crippen molar-refractivity contribution in [2.24, 2.45) is 13.0 Å². The molecule has 0 saturated carbocycles. The number of aryl methyl sites for hydroxylation is 3. The summed E-state index contributed by atoms with van der Waals surface area (Å²) in [6, 6.07) is 10.5. The van der Waals surface area contributed by atoms with Crippen LogP contribution in [0.15, 0.2) is 65.0 Å². The van der Waals surface area contributed by atoms with E-state index in [0.717, 1.165) is 34.3 Å². The summed E-state index contributed by atoms with van der Waals surface area (Å²) in [5.41, 5.74) is 7.63. The van der Waals surface area contributed by atoms with Gasteiger partial charge in [0, 0.05) is 35.4 Å². The maximum absolute atomic E-state index is 10.1. The largest absolute Gasteiger partial charge is 0.454 e. The van der Waals surface area contributed by atoms with Gasteiger partial charge in [0.2, 0.25) is 5.69 Å². The molecule has 3 nitrogen and oxygen atoms in total. The SMILES string of the molecule is [2H]c1c([2H])c([2H])c(-c2c(C)cc(C#N)c3c2oc2c(-c4cc(CC(C)C)cc(C)[n+]4C)c(C)ccc23)c([2H])c1[2H]. The van der Waals surface area contributed by atoms with E-state index in [1.807, 2.05) is 26.1 Å². The van der Waals surface area contributed by atoms with E-state index in [1.54, 1.807) is 13.0 Å². The summed E-state index contributed by atoms with van der Waals surface area (Å²) in [6.45, 7) is 10.3. The molecule has 0 radical (unpaired) electrons. The highest BCUT2D eigenvalue weighted by Gasteiger charge is 2.25. The lowest BCUT2D eigenvalue weighted by molar-refractivity contribution is -0.666. The molecule has 0 bridgehead atoms. The first-order chi connectivity index (χ1) is 18.9. The lowest BCUT2D eigenvalue weighted by Gasteiger charge is -2.11. The molecule has 0 atom stereocenters. The molecule has 3 aromatic carbocycles. The number of rotatable bonds is 4. The van der Waals surface area contributed by atoms with Gasteiger partial charge >= 0.3 is 0 Å². The number of fused-ring (bicyclic) bond motifs is 3. The number of furan rings is 1. The molecule has 0 saturated heterocycles. The van der Waals surface area contributed by atoms with E-state index in [1.165, 1.54) is 5.56 Å². The Labute approximate surface area is 214 Å². The van der Waals surface area contributed by atoms with Gasteiger partial charge in [-0.25, -0.2) is 0 Å². The summed E-state index contributed by atoms with van der Waals surface area (Å²) in [4.78, 5) is 0. The Morgan fingerprint density at radius 2 is 1.71 bits per heavy atom. The van der Waals surface area contributed by atoms with Crippen LogP contribution in [0, 0.1) is 38.0 Å². The maximum atomic E-state index is 10.1. The monoisotopic (exact) mass is 464 g/mol. The van der Waals surface area contributed by atoms with Gasteiger partial charge in [-0.1, -0.05) is 56.2 Å². The summed E-state index contributed by atoms with van der Waals surface area (Å²) in [7, 11) is 2.02. The summed E-state index contributed by atoms with van der Waals surface area (Å²) in [6.07, 6.45) is 0.932. The van der Waals surface area contributed by atoms with Crippen molar-refractivity contribution in [3.8, 4) is 28.5 Å². The fourth-order valence-corrected chi connectivity index (χ4v) is 5.03. The van der Waals surface area contributed by atoms with Crippen molar-refractivity contribution in [2.45, 2.75) is 41.0 Å². The average molecular weight is 465 g/mol. The second kappa shape index (κ2) is 8.71. The fraction of sp³-hybridized carbons (Fsp3) is 0.250. The first-order valence-corrected chi connectivity index (χ1v) is 11.8. The molecule has 5 rings (SSSR count). The summed E-state index contributed by atoms with van der Waals surface area (Å²) < 4.78 is 50.6. The van der Waals surface area contributed by atoms with Crippen molar-refractivity contribution in [1.29, 1.82) is 5.26 Å². The third-order valence-corrected chi connectivity index (χ3v) is 6.70. The van der Waals surface area contributed by atoms with Gasteiger partial charge in [0.25, 0.3) is 0 Å². The minimum atomic E-state index is -0.451. The lowest BCUT2D eigenvalue weighted by Crippen LogP contribution is -2.35. The van der Waals surface area contributed by atoms with Crippen molar-refractivity contribution < 1.29 is 15.8 Å². The molecule has 3 heteroatoms. The molecule has 5 aromatic rings. The van der Waals surface area contributed by atoms with Gasteiger partial charge < -0.3 is 4.42 Å². The first-order valence-electron chi connectivity index (χ1n) is 14.3. The van der Waals surface area contributed by atoms with Crippen LogP contribution in [0.2, 0.25) is 0 Å². The van der Waals surface area contributed by atoms with E-state index in [0.29, 0.717) is 39.2 Å². The Kier molecular flexibility index (Phi) is 4.36. The van der Waals surface area contributed by atoms with E-state index >= 15 is 0 Å². The minimum Gasteiger partial charge on any atom is -0.454 e. The fourth-order valence-electron chi connectivity index (χ4n) is 5.03. The van der Waals surface area contributed by atoms with Crippen molar-refractivity contribution in [3.05, 3.63) is 88.5 Å². The Morgan fingerprint density at radius 1 is 0.971 bits per heavy atom. The van der Waals surface area contributed by atoms with E-state index in [2.05, 4.69) is 43.5 Å². The van der Waals surface area contributed by atoms with Crippen LogP contribution in [0.5, 0.6) is 0 Å². The summed E-state index contributed by atoms with van der Waals surface area (Å²) >= 11 is 0. The molecule has 0 unspecified atom stereocenters. The first kappa shape index (κ1) is 17.5. The Morgan fingerprint density at radius 3 is 2.40 bits per heavy atom. The van der Waals surface area contributed by atoms with E-state index in [9.17, 15) is 5.26 Å². The maximum Gasteiger partial charge on any atom is 0.216 e. The van der Waals surface area contributed by atoms with E-state index in [4.69, 9.17) is 11.3 Å². The van der Waals surface area contributed by atoms with Crippen molar-refractivity contribution in [3.63, 3.8) is 0 Å². The highest BCUT2D eigenvalue weighted by atomic mass is 16.3. The van der Waals surface area contributed by atoms with Crippen LogP contribution in [-0.4, -0.2) is 0 Å². The predicted molar refractivity (Wildman–Crippen MR) is 143 cm³/mol. The van der Waals surface area contributed by atoms with Crippen LogP contribution in [0.25, 0.3) is 44.3 Å². The van der Waals surface area contributed by atoms with Crippen LogP contribution < -0.4 is 4.57 Å². The van der Waals surface area contributed by atoms with Gasteiger partial charge in [-0.3, -0.25) is 0 Å². The number of hydrogen-bond donors (Lipinski definition) is 0. The number of hydrogen-bond acceptors (Lipinski definition) is 2. The molecule has 35 heavy (non-hydrogen) atoms. The Hall–Kier alpha value is -3.90. The molecular weight excluding hydrogens is 428 g/mol. The molecule has 2 aromatic heterocycles. The van der Waals surface area contributed by atoms with Gasteiger partial charge in [-0.2, -0.15) is 9.83 Å². The molecule has 0 amide bonds. The standard InChI is InChI=1S/C32H31N2O/c1-19(2)14-23-16-22(5)34(6)27(17-23)29-20(3)12-13-26-30-25(18-33)15-21(4)28(32(30)35-31(26)29)24-10-8-7-9-11-24/h7-13,15-17,19H,14H2,1-6H3/q+1/i7D,8D,9D,10D,11D. The predicted octanol–water partition coefficient (Wildman–Crippen LogP) is 7.74. The molecule has 0 fully saturated rings. The molecule has 0 N–H and O–H groups in total. The Balaban J connectivity index is 1.96. The average Bonchev–Trinajstić information content (AvgIpc) is 3.28. The zero-order chi connectivity index (χ0) is 29.2. The van der Waals surface area contributed by atoms with Crippen LogP contribution in [0.1, 0.15) is 48.6 Å². The quantitative estimate of drug-likeness (QED) is 0.255. The van der Waals surface area contributed by atoms with Crippen LogP contribution in [0.3, 0.4) is 0 Å². The number of aromatic nitrogens is 1. The molecule has 0 aliphatic carbocycles. The van der Waals surface area contributed by atoms with Crippen LogP contribution in [0.4, 0.5) is 0 Å². The zero-order valence-corrected chi connectivity index (χ0v) is 21.0. The van der Waals surface area contributed by atoms with E-state index < -0.39 is 18.1 Å². The molecular formula is C32H31N2O+. The number of nitrogens with zero attached hydrogens (tertiary/aromatic N) is 2. The number of nitriles is 1. The second-order valence-electron chi connectivity index (χ2n) is 9.72. The molecule has 174 valence electrons. The second-order valence-corrected chi connectivity index (χ2v) is 9.72. The molecule has 2 heterocycles. The Bertz CT molecular complexity index is 1890. The van der Waals surface area contributed by atoms with Gasteiger partial charge in [0.1, 0.15) is 18.2 Å². The topological polar surface area (TPSA) is 40.8 Å². The van der Waals surface area contributed by atoms with E-state index in [-0.39, 0.29) is 17.6 Å². The smallest absolute Gasteiger partial charge is 0.216 e. The summed E-state index contributed by atoms with van der Waals surface area (Å²) in [5, 5.41) is 11.4. The van der Waals surface area contributed by atoms with Gasteiger partial charge in [0.05, 0.1) is 24.0 Å². The summed E-state index contributed by atoms with van der Waals surface area (Å²) in [5.74, 6) is 0.490. The normalized spacial score (nSPS) is 13.5. The highest BCUT2D eigenvalue weighted by Crippen LogP contribution is 2.43. The third-order valence-electron chi connectivity index (χ3n) is 6.70. The van der Waals surface area contributed by atoms with Crippen LogP contribution >= 0.6 is 0 Å². The van der Waals surface area contributed by atoms with Crippen molar-refractivity contribution in [1.82, 2.24) is 0 Å². The van der Waals surface area contributed by atoms with Crippen molar-refractivity contribution >= 4 is 21.9 Å². The number of benzene rings is 3. The highest BCUT2D eigenvalue weighted by molar-refractivity contribution is 6.15.